The largest absolute Gasteiger partial charge is 0.335 e. The third-order valence-electron chi connectivity index (χ3n) is 3.18. The number of hydrogen-bond acceptors (Lipinski definition) is 4. The fraction of sp³-hybridized carbons (Fsp3) is 0.500. The van der Waals surface area contributed by atoms with Crippen molar-refractivity contribution >= 4 is 21.7 Å². The van der Waals surface area contributed by atoms with Crippen LogP contribution in [0.2, 0.25) is 0 Å². The predicted octanol–water partition coefficient (Wildman–Crippen LogP) is 0.627. The molecule has 2 heterocycles. The van der Waals surface area contributed by atoms with Crippen LogP contribution in [0.15, 0.2) is 24.5 Å². The lowest BCUT2D eigenvalue weighted by Gasteiger charge is -2.30. The number of nitrogens with one attached hydrogen (secondary N) is 2. The SMILES string of the molecule is CS(=O)(=O)N1CCC(NC(=O)Nc2cccnc2)CC1. The molecule has 0 atom stereocenters. The number of pyridine rings is 1. The average molecular weight is 298 g/mol. The van der Waals surface area contributed by atoms with Gasteiger partial charge in [0.15, 0.2) is 0 Å². The van der Waals surface area contributed by atoms with Gasteiger partial charge in [0.2, 0.25) is 10.0 Å². The lowest BCUT2D eigenvalue weighted by molar-refractivity contribution is 0.238. The molecule has 1 aliphatic rings. The van der Waals surface area contributed by atoms with Gasteiger partial charge in [-0.25, -0.2) is 17.5 Å². The summed E-state index contributed by atoms with van der Waals surface area (Å²) < 4.78 is 24.2. The quantitative estimate of drug-likeness (QED) is 0.856. The van der Waals surface area contributed by atoms with Crippen LogP contribution in [0, 0.1) is 0 Å². The lowest BCUT2D eigenvalue weighted by atomic mass is 10.1. The summed E-state index contributed by atoms with van der Waals surface area (Å²) in [7, 11) is -3.13. The van der Waals surface area contributed by atoms with E-state index in [1.807, 2.05) is 0 Å². The number of hydrogen-bond donors (Lipinski definition) is 2. The Kier molecular flexibility index (Phi) is 4.56. The molecule has 1 fully saturated rings. The molecule has 0 saturated carbocycles. The number of aromatic nitrogens is 1. The van der Waals surface area contributed by atoms with Gasteiger partial charge in [0.05, 0.1) is 18.1 Å². The third-order valence-corrected chi connectivity index (χ3v) is 4.48. The van der Waals surface area contributed by atoms with Crippen LogP contribution in [0.5, 0.6) is 0 Å². The summed E-state index contributed by atoms with van der Waals surface area (Å²) in [5.41, 5.74) is 0.624. The van der Waals surface area contributed by atoms with Gasteiger partial charge in [0.1, 0.15) is 0 Å². The van der Waals surface area contributed by atoms with Crippen LogP contribution >= 0.6 is 0 Å². The van der Waals surface area contributed by atoms with E-state index in [1.165, 1.54) is 10.6 Å². The third kappa shape index (κ3) is 4.17. The first-order chi connectivity index (χ1) is 9.45. The molecule has 2 rings (SSSR count). The molecular weight excluding hydrogens is 280 g/mol. The van der Waals surface area contributed by atoms with Crippen molar-refractivity contribution in [2.75, 3.05) is 24.7 Å². The van der Waals surface area contributed by atoms with Gasteiger partial charge >= 0.3 is 6.03 Å². The second kappa shape index (κ2) is 6.19. The van der Waals surface area contributed by atoms with E-state index >= 15 is 0 Å². The van der Waals surface area contributed by atoms with E-state index in [-0.39, 0.29) is 12.1 Å². The first-order valence-corrected chi connectivity index (χ1v) is 8.22. The molecule has 1 aromatic rings. The van der Waals surface area contributed by atoms with Gasteiger partial charge in [0, 0.05) is 25.3 Å². The zero-order chi connectivity index (χ0) is 14.6. The number of piperidine rings is 1. The molecule has 7 nitrogen and oxygen atoms in total. The topological polar surface area (TPSA) is 91.4 Å². The highest BCUT2D eigenvalue weighted by atomic mass is 32.2. The van der Waals surface area contributed by atoms with E-state index in [2.05, 4.69) is 15.6 Å². The van der Waals surface area contributed by atoms with Gasteiger partial charge in [-0.1, -0.05) is 0 Å². The first-order valence-electron chi connectivity index (χ1n) is 6.38. The van der Waals surface area contributed by atoms with Gasteiger partial charge in [-0.05, 0) is 25.0 Å². The predicted molar refractivity (Wildman–Crippen MR) is 75.8 cm³/mol. The van der Waals surface area contributed by atoms with Crippen LogP contribution in [0.4, 0.5) is 10.5 Å². The average Bonchev–Trinajstić information content (AvgIpc) is 2.39. The van der Waals surface area contributed by atoms with Crippen LogP contribution in [-0.4, -0.2) is 49.1 Å². The fourth-order valence-corrected chi connectivity index (χ4v) is 3.00. The molecule has 0 bridgehead atoms. The van der Waals surface area contributed by atoms with E-state index < -0.39 is 10.0 Å². The van der Waals surface area contributed by atoms with Gasteiger partial charge in [-0.3, -0.25) is 4.98 Å². The highest BCUT2D eigenvalue weighted by Gasteiger charge is 2.25. The van der Waals surface area contributed by atoms with Crippen LogP contribution in [0.3, 0.4) is 0 Å². The molecule has 0 aliphatic carbocycles. The van der Waals surface area contributed by atoms with Crippen molar-refractivity contribution in [3.63, 3.8) is 0 Å². The standard InChI is InChI=1S/C12H18N4O3S/c1-20(18,19)16-7-4-10(5-8-16)14-12(17)15-11-3-2-6-13-9-11/h2-3,6,9-10H,4-5,7-8H2,1H3,(H2,14,15,17). The second-order valence-corrected chi connectivity index (χ2v) is 6.76. The maximum Gasteiger partial charge on any atom is 0.319 e. The molecule has 0 radical (unpaired) electrons. The van der Waals surface area contributed by atoms with Gasteiger partial charge in [-0.2, -0.15) is 0 Å². The maximum absolute atomic E-state index is 11.8. The van der Waals surface area contributed by atoms with Crippen LogP contribution in [0.25, 0.3) is 0 Å². The molecule has 2 amide bonds. The van der Waals surface area contributed by atoms with Crippen molar-refractivity contribution in [3.8, 4) is 0 Å². The van der Waals surface area contributed by atoms with Gasteiger partial charge in [-0.15, -0.1) is 0 Å². The fourth-order valence-electron chi connectivity index (χ4n) is 2.12. The second-order valence-electron chi connectivity index (χ2n) is 4.78. The monoisotopic (exact) mass is 298 g/mol. The Morgan fingerprint density at radius 3 is 2.65 bits per heavy atom. The molecule has 1 saturated heterocycles. The van der Waals surface area contributed by atoms with Crippen LogP contribution in [-0.2, 0) is 10.0 Å². The summed E-state index contributed by atoms with van der Waals surface area (Å²) in [5, 5.41) is 5.53. The Bertz CT molecular complexity index is 553. The van der Waals surface area contributed by atoms with Crippen LogP contribution in [0.1, 0.15) is 12.8 Å². The number of rotatable bonds is 3. The molecule has 2 N–H and O–H groups in total. The number of anilines is 1. The minimum atomic E-state index is -3.13. The van der Waals surface area contributed by atoms with E-state index in [9.17, 15) is 13.2 Å². The summed E-state index contributed by atoms with van der Waals surface area (Å²) in [6, 6.07) is 3.18. The number of nitrogens with zero attached hydrogens (tertiary/aromatic N) is 2. The molecule has 0 spiro atoms. The van der Waals surface area contributed by atoms with Crippen molar-refractivity contribution in [1.82, 2.24) is 14.6 Å². The summed E-state index contributed by atoms with van der Waals surface area (Å²) >= 11 is 0. The van der Waals surface area contributed by atoms with E-state index in [0.29, 0.717) is 31.6 Å². The number of carbonyl (C=O) groups is 1. The summed E-state index contributed by atoms with van der Waals surface area (Å²) in [6.45, 7) is 0.882. The van der Waals surface area contributed by atoms with E-state index in [0.717, 1.165) is 0 Å². The zero-order valence-corrected chi connectivity index (χ0v) is 12.1. The molecule has 0 unspecified atom stereocenters. The van der Waals surface area contributed by atoms with E-state index in [1.54, 1.807) is 24.5 Å². The molecule has 20 heavy (non-hydrogen) atoms. The normalized spacial score (nSPS) is 17.6. The minimum Gasteiger partial charge on any atom is -0.335 e. The molecule has 110 valence electrons. The summed E-state index contributed by atoms with van der Waals surface area (Å²) in [5.74, 6) is 0. The Morgan fingerprint density at radius 2 is 2.10 bits per heavy atom. The Balaban J connectivity index is 1.79. The van der Waals surface area contributed by atoms with Crippen LogP contribution < -0.4 is 10.6 Å². The molecular formula is C12H18N4O3S. The number of carbonyl (C=O) groups excluding carboxylic acids is 1. The highest BCUT2D eigenvalue weighted by Crippen LogP contribution is 2.13. The van der Waals surface area contributed by atoms with E-state index in [4.69, 9.17) is 0 Å². The Morgan fingerprint density at radius 1 is 1.40 bits per heavy atom. The Hall–Kier alpha value is -1.67. The molecule has 1 aromatic heterocycles. The summed E-state index contributed by atoms with van der Waals surface area (Å²) in [6.07, 6.45) is 5.63. The highest BCUT2D eigenvalue weighted by molar-refractivity contribution is 7.88. The summed E-state index contributed by atoms with van der Waals surface area (Å²) in [4.78, 5) is 15.7. The van der Waals surface area contributed by atoms with Crippen molar-refractivity contribution in [2.45, 2.75) is 18.9 Å². The molecule has 8 heteroatoms. The van der Waals surface area contributed by atoms with Crippen molar-refractivity contribution in [1.29, 1.82) is 0 Å². The van der Waals surface area contributed by atoms with Crippen molar-refractivity contribution < 1.29 is 13.2 Å². The van der Waals surface area contributed by atoms with Crippen molar-refractivity contribution in [3.05, 3.63) is 24.5 Å². The molecule has 1 aliphatic heterocycles. The Labute approximate surface area is 118 Å². The zero-order valence-electron chi connectivity index (χ0n) is 11.2. The van der Waals surface area contributed by atoms with Gasteiger partial charge < -0.3 is 10.6 Å². The smallest absolute Gasteiger partial charge is 0.319 e. The van der Waals surface area contributed by atoms with Crippen molar-refractivity contribution in [2.24, 2.45) is 0 Å². The number of amides is 2. The maximum atomic E-state index is 11.8. The minimum absolute atomic E-state index is 0.00956. The first kappa shape index (κ1) is 14.7. The molecule has 0 aromatic carbocycles. The number of urea groups is 1. The number of sulfonamides is 1. The van der Waals surface area contributed by atoms with Gasteiger partial charge in [0.25, 0.3) is 0 Å². The lowest BCUT2D eigenvalue weighted by Crippen LogP contribution is -2.47.